The summed E-state index contributed by atoms with van der Waals surface area (Å²) in [6, 6.07) is 3.63. The summed E-state index contributed by atoms with van der Waals surface area (Å²) in [5.41, 5.74) is -0.936. The third-order valence-corrected chi connectivity index (χ3v) is 4.91. The van der Waals surface area contributed by atoms with Gasteiger partial charge in [0.1, 0.15) is 17.0 Å². The van der Waals surface area contributed by atoms with Crippen molar-refractivity contribution in [2.24, 2.45) is 4.99 Å². The van der Waals surface area contributed by atoms with Crippen LogP contribution in [0, 0.1) is 4.77 Å². The van der Waals surface area contributed by atoms with Gasteiger partial charge in [-0.05, 0) is 30.4 Å². The van der Waals surface area contributed by atoms with Crippen molar-refractivity contribution < 1.29 is 18.6 Å². The molecule has 2 rings (SSSR count). The van der Waals surface area contributed by atoms with E-state index in [1.807, 2.05) is 0 Å². The molecule has 0 saturated heterocycles. The molecule has 23 heavy (non-hydrogen) atoms. The van der Waals surface area contributed by atoms with Crippen LogP contribution in [0.3, 0.4) is 0 Å². The molecule has 1 aromatic carbocycles. The predicted octanol–water partition coefficient (Wildman–Crippen LogP) is 1.39. The number of benzene rings is 1. The van der Waals surface area contributed by atoms with Gasteiger partial charge in [-0.3, -0.25) is 14.8 Å². The number of H-pyrrole nitrogens is 2. The van der Waals surface area contributed by atoms with Crippen LogP contribution in [-0.2, 0) is 9.84 Å². The van der Waals surface area contributed by atoms with Crippen LogP contribution in [-0.4, -0.2) is 40.6 Å². The van der Waals surface area contributed by atoms with Gasteiger partial charge in [-0.15, -0.1) is 0 Å². The number of aromatic hydroxyl groups is 2. The minimum Gasteiger partial charge on any atom is -0.506 e. The lowest BCUT2D eigenvalue weighted by atomic mass is 10.3. The predicted molar refractivity (Wildman–Crippen MR) is 87.0 cm³/mol. The highest BCUT2D eigenvalue weighted by Gasteiger charge is 2.14. The van der Waals surface area contributed by atoms with E-state index >= 15 is 0 Å². The highest BCUT2D eigenvalue weighted by molar-refractivity contribution is 7.91. The first kappa shape index (κ1) is 16.9. The molecular formula is C13H13N3O5S2. The molecule has 0 unspecified atom stereocenters. The number of sulfone groups is 1. The summed E-state index contributed by atoms with van der Waals surface area (Å²) in [4.78, 5) is 20.2. The van der Waals surface area contributed by atoms with Gasteiger partial charge in [0.25, 0.3) is 5.56 Å². The molecule has 4 N–H and O–H groups in total. The van der Waals surface area contributed by atoms with Crippen molar-refractivity contribution in [1.82, 2.24) is 9.97 Å². The average molecular weight is 355 g/mol. The highest BCUT2D eigenvalue weighted by atomic mass is 32.2. The molecule has 10 heteroatoms. The summed E-state index contributed by atoms with van der Waals surface area (Å²) in [6.07, 6.45) is 0.997. The zero-order valence-corrected chi connectivity index (χ0v) is 13.5. The smallest absolute Gasteiger partial charge is 0.264 e. The molecule has 0 bridgehead atoms. The Balaban J connectivity index is 2.51. The van der Waals surface area contributed by atoms with E-state index in [9.17, 15) is 23.4 Å². The minimum atomic E-state index is -3.46. The summed E-state index contributed by atoms with van der Waals surface area (Å²) in [6.45, 7) is 1.49. The van der Waals surface area contributed by atoms with E-state index in [-0.39, 0.29) is 32.4 Å². The van der Waals surface area contributed by atoms with Crippen molar-refractivity contribution in [3.05, 3.63) is 38.9 Å². The Morgan fingerprint density at radius 1 is 1.30 bits per heavy atom. The molecule has 0 amide bonds. The summed E-state index contributed by atoms with van der Waals surface area (Å²) in [7, 11) is -3.46. The second-order valence-electron chi connectivity index (χ2n) is 4.48. The Hall–Kier alpha value is -2.46. The molecule has 122 valence electrons. The number of rotatable bonds is 4. The molecule has 0 saturated carbocycles. The molecule has 0 spiro atoms. The molecule has 0 fully saturated rings. The van der Waals surface area contributed by atoms with Crippen LogP contribution in [0.2, 0.25) is 0 Å². The number of phenolic OH excluding ortho intramolecular Hbond substituents is 1. The van der Waals surface area contributed by atoms with Crippen LogP contribution in [0.4, 0.5) is 5.69 Å². The molecule has 0 aliphatic rings. The zero-order chi connectivity index (χ0) is 17.2. The van der Waals surface area contributed by atoms with E-state index in [4.69, 9.17) is 12.2 Å². The SMILES string of the molecule is CCS(=O)(=O)c1ccc(O)c(N=Cc2c(O)[nH]c(=S)[nH]c2=O)c1. The summed E-state index contributed by atoms with van der Waals surface area (Å²) >= 11 is 4.69. The monoisotopic (exact) mass is 355 g/mol. The largest absolute Gasteiger partial charge is 0.506 e. The number of aliphatic imine (C=N–C) groups is 1. The second-order valence-corrected chi connectivity index (χ2v) is 7.17. The fourth-order valence-corrected chi connectivity index (χ4v) is 2.79. The second kappa shape index (κ2) is 6.34. The van der Waals surface area contributed by atoms with Crippen LogP contribution < -0.4 is 5.56 Å². The van der Waals surface area contributed by atoms with Gasteiger partial charge >= 0.3 is 0 Å². The fraction of sp³-hybridized carbons (Fsp3) is 0.154. The molecule has 2 aromatic rings. The third kappa shape index (κ3) is 3.66. The minimum absolute atomic E-state index is 0.00412. The van der Waals surface area contributed by atoms with E-state index in [1.165, 1.54) is 25.1 Å². The lowest BCUT2D eigenvalue weighted by Crippen LogP contribution is -2.13. The molecule has 1 heterocycles. The normalized spacial score (nSPS) is 11.9. The summed E-state index contributed by atoms with van der Waals surface area (Å²) in [5, 5.41) is 19.4. The van der Waals surface area contributed by atoms with Crippen molar-refractivity contribution in [2.45, 2.75) is 11.8 Å². The first-order valence-electron chi connectivity index (χ1n) is 6.40. The number of phenols is 1. The topological polar surface area (TPSA) is 136 Å². The quantitative estimate of drug-likeness (QED) is 0.483. The zero-order valence-electron chi connectivity index (χ0n) is 11.9. The number of aromatic nitrogens is 2. The van der Waals surface area contributed by atoms with Crippen molar-refractivity contribution in [3.63, 3.8) is 0 Å². The van der Waals surface area contributed by atoms with Gasteiger partial charge in [-0.25, -0.2) is 8.42 Å². The Bertz CT molecular complexity index is 989. The fourth-order valence-electron chi connectivity index (χ4n) is 1.70. The number of aromatic amines is 2. The van der Waals surface area contributed by atoms with Crippen LogP contribution in [0.25, 0.3) is 0 Å². The molecule has 0 atom stereocenters. The van der Waals surface area contributed by atoms with Gasteiger partial charge in [0, 0.05) is 6.21 Å². The summed E-state index contributed by atoms with van der Waals surface area (Å²) in [5.74, 6) is -0.855. The van der Waals surface area contributed by atoms with Gasteiger partial charge in [0.15, 0.2) is 14.6 Å². The number of hydrogen-bond acceptors (Lipinski definition) is 7. The van der Waals surface area contributed by atoms with Crippen LogP contribution in [0.15, 0.2) is 32.9 Å². The first-order valence-corrected chi connectivity index (χ1v) is 8.46. The van der Waals surface area contributed by atoms with Gasteiger partial charge in [-0.1, -0.05) is 6.92 Å². The number of hydrogen-bond donors (Lipinski definition) is 4. The maximum atomic E-state index is 11.8. The maximum Gasteiger partial charge on any atom is 0.264 e. The van der Waals surface area contributed by atoms with E-state index in [1.54, 1.807) is 0 Å². The standard InChI is InChI=1S/C13H13N3O5S2/c1-2-23(20,21)7-3-4-10(17)9(5-7)14-6-8-11(18)15-13(22)16-12(8)19/h3-6,17H,2H2,1H3,(H3,15,16,18,19,22). The van der Waals surface area contributed by atoms with Gasteiger partial charge < -0.3 is 15.2 Å². The molecule has 0 aliphatic heterocycles. The van der Waals surface area contributed by atoms with Gasteiger partial charge in [0.05, 0.1) is 10.6 Å². The molecular weight excluding hydrogens is 342 g/mol. The van der Waals surface area contributed by atoms with E-state index in [0.29, 0.717) is 0 Å². The van der Waals surface area contributed by atoms with Crippen molar-refractivity contribution in [1.29, 1.82) is 0 Å². The lowest BCUT2D eigenvalue weighted by Gasteiger charge is -2.04. The van der Waals surface area contributed by atoms with Gasteiger partial charge in [0.2, 0.25) is 5.88 Å². The molecule has 0 radical (unpaired) electrons. The van der Waals surface area contributed by atoms with E-state index < -0.39 is 21.3 Å². The first-order chi connectivity index (χ1) is 10.7. The molecule has 8 nitrogen and oxygen atoms in total. The van der Waals surface area contributed by atoms with Crippen LogP contribution >= 0.6 is 12.2 Å². The third-order valence-electron chi connectivity index (χ3n) is 2.98. The van der Waals surface area contributed by atoms with Crippen molar-refractivity contribution >= 4 is 34.0 Å². The average Bonchev–Trinajstić information content (AvgIpc) is 2.47. The van der Waals surface area contributed by atoms with Crippen molar-refractivity contribution in [3.8, 4) is 11.6 Å². The van der Waals surface area contributed by atoms with Crippen LogP contribution in [0.5, 0.6) is 11.6 Å². The van der Waals surface area contributed by atoms with Crippen LogP contribution in [0.1, 0.15) is 12.5 Å². The lowest BCUT2D eigenvalue weighted by molar-refractivity contribution is 0.449. The Morgan fingerprint density at radius 3 is 2.61 bits per heavy atom. The van der Waals surface area contributed by atoms with Crippen molar-refractivity contribution in [2.75, 3.05) is 5.75 Å². The van der Waals surface area contributed by atoms with Gasteiger partial charge in [-0.2, -0.15) is 0 Å². The molecule has 0 aliphatic carbocycles. The van der Waals surface area contributed by atoms with E-state index in [0.717, 1.165) is 6.21 Å². The Labute approximate surface area is 136 Å². The molecule has 1 aromatic heterocycles. The Kier molecular flexibility index (Phi) is 4.66. The van der Waals surface area contributed by atoms with E-state index in [2.05, 4.69) is 15.0 Å². The highest BCUT2D eigenvalue weighted by Crippen LogP contribution is 2.29. The number of nitrogens with one attached hydrogen (secondary N) is 2. The maximum absolute atomic E-state index is 11.8. The summed E-state index contributed by atoms with van der Waals surface area (Å²) < 4.78 is 23.6. The number of nitrogens with zero attached hydrogens (tertiary/aromatic N) is 1. The Morgan fingerprint density at radius 2 is 2.00 bits per heavy atom.